The zero-order valence-corrected chi connectivity index (χ0v) is 14.0. The van der Waals surface area contributed by atoms with Gasteiger partial charge in [-0.2, -0.15) is 5.10 Å². The molecule has 0 aliphatic carbocycles. The number of aryl methyl sites for hydroxylation is 2. The molecule has 0 bridgehead atoms. The fourth-order valence-corrected chi connectivity index (χ4v) is 3.45. The summed E-state index contributed by atoms with van der Waals surface area (Å²) in [5.41, 5.74) is 3.54. The lowest BCUT2D eigenvalue weighted by Gasteiger charge is -2.24. The smallest absolute Gasteiger partial charge is 0.234 e. The standard InChI is InChI=1S/C17H24N4O2/c1-12-17(13(2)20(3)19-12)15-7-4-8-21(15)11-16(22)18-10-14-6-5-9-23-14/h5-6,9,15H,4,7-8,10-11H2,1-3H3,(H,18,22)/t15-/m0/s1. The monoisotopic (exact) mass is 316 g/mol. The molecule has 23 heavy (non-hydrogen) atoms. The van der Waals surface area contributed by atoms with E-state index in [2.05, 4.69) is 29.2 Å². The van der Waals surface area contributed by atoms with E-state index in [4.69, 9.17) is 4.42 Å². The number of carbonyl (C=O) groups is 1. The zero-order valence-electron chi connectivity index (χ0n) is 14.0. The second kappa shape index (κ2) is 6.58. The molecule has 3 heterocycles. The van der Waals surface area contributed by atoms with Crippen molar-refractivity contribution in [2.24, 2.45) is 7.05 Å². The van der Waals surface area contributed by atoms with Gasteiger partial charge in [-0.3, -0.25) is 14.4 Å². The molecule has 0 spiro atoms. The minimum atomic E-state index is 0.0347. The van der Waals surface area contributed by atoms with Gasteiger partial charge in [0.15, 0.2) is 0 Å². The summed E-state index contributed by atoms with van der Waals surface area (Å²) in [4.78, 5) is 14.5. The maximum Gasteiger partial charge on any atom is 0.234 e. The van der Waals surface area contributed by atoms with Crippen molar-refractivity contribution in [3.8, 4) is 0 Å². The van der Waals surface area contributed by atoms with E-state index in [1.165, 1.54) is 11.3 Å². The predicted octanol–water partition coefficient (Wildman–Crippen LogP) is 2.08. The average Bonchev–Trinajstić information content (AvgIpc) is 3.21. The van der Waals surface area contributed by atoms with E-state index in [-0.39, 0.29) is 11.9 Å². The van der Waals surface area contributed by atoms with Gasteiger partial charge in [-0.1, -0.05) is 0 Å². The van der Waals surface area contributed by atoms with Crippen LogP contribution in [0.2, 0.25) is 0 Å². The highest BCUT2D eigenvalue weighted by Crippen LogP contribution is 2.34. The molecule has 3 rings (SSSR count). The summed E-state index contributed by atoms with van der Waals surface area (Å²) in [6.07, 6.45) is 3.81. The van der Waals surface area contributed by atoms with Crippen molar-refractivity contribution in [1.82, 2.24) is 20.0 Å². The third kappa shape index (κ3) is 3.32. The van der Waals surface area contributed by atoms with Crippen LogP contribution < -0.4 is 5.32 Å². The predicted molar refractivity (Wildman–Crippen MR) is 86.8 cm³/mol. The Morgan fingerprint density at radius 2 is 2.30 bits per heavy atom. The van der Waals surface area contributed by atoms with E-state index < -0.39 is 0 Å². The van der Waals surface area contributed by atoms with Crippen molar-refractivity contribution in [2.75, 3.05) is 13.1 Å². The molecule has 1 saturated heterocycles. The molecule has 1 aliphatic heterocycles. The van der Waals surface area contributed by atoms with E-state index in [0.29, 0.717) is 13.1 Å². The van der Waals surface area contributed by atoms with Crippen molar-refractivity contribution in [3.63, 3.8) is 0 Å². The van der Waals surface area contributed by atoms with Crippen LogP contribution in [0.3, 0.4) is 0 Å². The van der Waals surface area contributed by atoms with Gasteiger partial charge >= 0.3 is 0 Å². The van der Waals surface area contributed by atoms with E-state index >= 15 is 0 Å². The van der Waals surface area contributed by atoms with Gasteiger partial charge in [0.05, 0.1) is 25.0 Å². The van der Waals surface area contributed by atoms with Crippen LogP contribution in [0.25, 0.3) is 0 Å². The number of nitrogens with zero attached hydrogens (tertiary/aromatic N) is 3. The Morgan fingerprint density at radius 1 is 1.48 bits per heavy atom. The van der Waals surface area contributed by atoms with Crippen LogP contribution in [0, 0.1) is 13.8 Å². The van der Waals surface area contributed by atoms with Gasteiger partial charge < -0.3 is 9.73 Å². The van der Waals surface area contributed by atoms with E-state index in [0.717, 1.165) is 30.8 Å². The molecule has 2 aromatic heterocycles. The average molecular weight is 316 g/mol. The molecular weight excluding hydrogens is 292 g/mol. The maximum absolute atomic E-state index is 12.2. The number of rotatable bonds is 5. The van der Waals surface area contributed by atoms with Gasteiger partial charge in [-0.25, -0.2) is 0 Å². The molecule has 2 aromatic rings. The first-order valence-corrected chi connectivity index (χ1v) is 8.09. The van der Waals surface area contributed by atoms with Crippen LogP contribution in [-0.2, 0) is 18.4 Å². The van der Waals surface area contributed by atoms with Crippen molar-refractivity contribution >= 4 is 5.91 Å². The highest BCUT2D eigenvalue weighted by Gasteiger charge is 2.31. The number of nitrogens with one attached hydrogen (secondary N) is 1. The lowest BCUT2D eigenvalue weighted by Crippen LogP contribution is -2.36. The van der Waals surface area contributed by atoms with Crippen LogP contribution in [-0.4, -0.2) is 33.7 Å². The number of hydrogen-bond acceptors (Lipinski definition) is 4. The molecule has 0 radical (unpaired) electrons. The summed E-state index contributed by atoms with van der Waals surface area (Å²) in [5.74, 6) is 0.808. The molecule has 0 unspecified atom stereocenters. The van der Waals surface area contributed by atoms with Gasteiger partial charge in [0.1, 0.15) is 5.76 Å². The van der Waals surface area contributed by atoms with Crippen LogP contribution in [0.5, 0.6) is 0 Å². The van der Waals surface area contributed by atoms with Crippen LogP contribution in [0.4, 0.5) is 0 Å². The van der Waals surface area contributed by atoms with Crippen LogP contribution in [0.15, 0.2) is 22.8 Å². The Hall–Kier alpha value is -2.08. The second-order valence-electron chi connectivity index (χ2n) is 6.19. The van der Waals surface area contributed by atoms with Crippen molar-refractivity contribution in [1.29, 1.82) is 0 Å². The van der Waals surface area contributed by atoms with Crippen molar-refractivity contribution in [2.45, 2.75) is 39.3 Å². The molecule has 1 fully saturated rings. The Morgan fingerprint density at radius 3 is 2.96 bits per heavy atom. The number of furan rings is 1. The maximum atomic E-state index is 12.2. The van der Waals surface area contributed by atoms with E-state index in [9.17, 15) is 4.79 Å². The number of carbonyl (C=O) groups excluding carboxylic acids is 1. The highest BCUT2D eigenvalue weighted by atomic mass is 16.3. The summed E-state index contributed by atoms with van der Waals surface area (Å²) >= 11 is 0. The first-order chi connectivity index (χ1) is 11.1. The van der Waals surface area contributed by atoms with E-state index in [1.54, 1.807) is 6.26 Å². The molecule has 124 valence electrons. The summed E-state index contributed by atoms with van der Waals surface area (Å²) in [5, 5.41) is 7.44. The lowest BCUT2D eigenvalue weighted by molar-refractivity contribution is -0.122. The SMILES string of the molecule is Cc1nn(C)c(C)c1[C@@H]1CCCN1CC(=O)NCc1ccco1. The number of likely N-dealkylation sites (tertiary alicyclic amines) is 1. The summed E-state index contributed by atoms with van der Waals surface area (Å²) in [6, 6.07) is 3.98. The summed E-state index contributed by atoms with van der Waals surface area (Å²) in [7, 11) is 1.97. The zero-order chi connectivity index (χ0) is 16.4. The van der Waals surface area contributed by atoms with Gasteiger partial charge in [0, 0.05) is 24.3 Å². The molecule has 6 heteroatoms. The molecular formula is C17H24N4O2. The normalized spacial score (nSPS) is 18.5. The van der Waals surface area contributed by atoms with Crippen molar-refractivity contribution < 1.29 is 9.21 Å². The summed E-state index contributed by atoms with van der Waals surface area (Å²) < 4.78 is 7.17. The molecule has 1 aliphatic rings. The van der Waals surface area contributed by atoms with Gasteiger partial charge in [0.2, 0.25) is 5.91 Å². The van der Waals surface area contributed by atoms with Crippen molar-refractivity contribution in [3.05, 3.63) is 41.1 Å². The number of aromatic nitrogens is 2. The Bertz CT molecular complexity index is 675. The topological polar surface area (TPSA) is 63.3 Å². The second-order valence-corrected chi connectivity index (χ2v) is 6.19. The third-order valence-electron chi connectivity index (χ3n) is 4.65. The van der Waals surface area contributed by atoms with Gasteiger partial charge in [-0.05, 0) is 45.4 Å². The number of hydrogen-bond donors (Lipinski definition) is 1. The van der Waals surface area contributed by atoms with Gasteiger partial charge in [-0.15, -0.1) is 0 Å². The summed E-state index contributed by atoms with van der Waals surface area (Å²) in [6.45, 7) is 5.96. The van der Waals surface area contributed by atoms with E-state index in [1.807, 2.05) is 23.9 Å². The Kier molecular flexibility index (Phi) is 4.52. The molecule has 1 amide bonds. The first kappa shape index (κ1) is 15.8. The highest BCUT2D eigenvalue weighted by molar-refractivity contribution is 5.78. The Balaban J connectivity index is 1.63. The Labute approximate surface area is 136 Å². The minimum absolute atomic E-state index is 0.0347. The molecule has 0 aromatic carbocycles. The largest absolute Gasteiger partial charge is 0.467 e. The molecule has 6 nitrogen and oxygen atoms in total. The fraction of sp³-hybridized carbons (Fsp3) is 0.529. The van der Waals surface area contributed by atoms with Gasteiger partial charge in [0.25, 0.3) is 0 Å². The molecule has 1 N–H and O–H groups in total. The molecule has 1 atom stereocenters. The molecule has 0 saturated carbocycles. The van der Waals surface area contributed by atoms with Crippen LogP contribution >= 0.6 is 0 Å². The quantitative estimate of drug-likeness (QED) is 0.917. The van der Waals surface area contributed by atoms with Crippen LogP contribution in [0.1, 0.15) is 41.6 Å². The first-order valence-electron chi connectivity index (χ1n) is 8.09. The lowest BCUT2D eigenvalue weighted by atomic mass is 10.0. The third-order valence-corrected chi connectivity index (χ3v) is 4.65. The number of amides is 1. The fourth-order valence-electron chi connectivity index (χ4n) is 3.45. The minimum Gasteiger partial charge on any atom is -0.467 e.